The second-order valence-electron chi connectivity index (χ2n) is 5.66. The van der Waals surface area contributed by atoms with Crippen LogP contribution in [-0.4, -0.2) is 5.78 Å². The molecule has 0 heterocycles. The lowest BCUT2D eigenvalue weighted by Crippen LogP contribution is -2.12. The normalized spacial score (nSPS) is 13.6. The highest BCUT2D eigenvalue weighted by Gasteiger charge is 2.13. The van der Waals surface area contributed by atoms with Crippen LogP contribution in [-0.2, 0) is 16.6 Å². The first-order valence-corrected chi connectivity index (χ1v) is 5.90. The number of hydrogen-bond acceptors (Lipinski definition) is 1. The quantitative estimate of drug-likeness (QED) is 0.755. The molecule has 1 heteroatoms. The van der Waals surface area contributed by atoms with E-state index in [1.54, 1.807) is 6.92 Å². The SMILES string of the molecule is CC(=O)C(C)Cc1ccc(C(C)(C)C)cc1. The van der Waals surface area contributed by atoms with Crippen LogP contribution < -0.4 is 0 Å². The fourth-order valence-electron chi connectivity index (χ4n) is 1.64. The van der Waals surface area contributed by atoms with Crippen LogP contribution in [0.15, 0.2) is 24.3 Å². The molecule has 16 heavy (non-hydrogen) atoms. The van der Waals surface area contributed by atoms with E-state index in [1.165, 1.54) is 11.1 Å². The average molecular weight is 218 g/mol. The van der Waals surface area contributed by atoms with Gasteiger partial charge >= 0.3 is 0 Å². The number of carbonyl (C=O) groups excluding carboxylic acids is 1. The van der Waals surface area contributed by atoms with Gasteiger partial charge in [-0.05, 0) is 29.9 Å². The zero-order valence-electron chi connectivity index (χ0n) is 11.0. The van der Waals surface area contributed by atoms with Gasteiger partial charge in [-0.1, -0.05) is 52.0 Å². The van der Waals surface area contributed by atoms with E-state index in [4.69, 9.17) is 0 Å². The molecule has 0 N–H and O–H groups in total. The number of hydrogen-bond donors (Lipinski definition) is 0. The van der Waals surface area contributed by atoms with Crippen LogP contribution in [0.3, 0.4) is 0 Å². The molecular weight excluding hydrogens is 196 g/mol. The Bertz CT molecular complexity index is 354. The molecule has 1 unspecified atom stereocenters. The van der Waals surface area contributed by atoms with E-state index in [9.17, 15) is 4.79 Å². The van der Waals surface area contributed by atoms with Crippen LogP contribution in [0, 0.1) is 5.92 Å². The summed E-state index contributed by atoms with van der Waals surface area (Å²) in [6.45, 7) is 10.3. The summed E-state index contributed by atoms with van der Waals surface area (Å²) in [4.78, 5) is 11.2. The van der Waals surface area contributed by atoms with Crippen molar-refractivity contribution >= 4 is 5.78 Å². The maximum atomic E-state index is 11.2. The predicted octanol–water partition coefficient (Wildman–Crippen LogP) is 3.75. The van der Waals surface area contributed by atoms with Crippen molar-refractivity contribution in [2.24, 2.45) is 5.92 Å². The van der Waals surface area contributed by atoms with Crippen molar-refractivity contribution in [2.75, 3.05) is 0 Å². The summed E-state index contributed by atoms with van der Waals surface area (Å²) in [6, 6.07) is 8.62. The molecule has 1 aromatic rings. The number of carbonyl (C=O) groups is 1. The molecule has 0 fully saturated rings. The van der Waals surface area contributed by atoms with Gasteiger partial charge in [-0.25, -0.2) is 0 Å². The van der Waals surface area contributed by atoms with Crippen LogP contribution in [0.2, 0.25) is 0 Å². The standard InChI is InChI=1S/C15H22O/c1-11(12(2)16)10-13-6-8-14(9-7-13)15(3,4)5/h6-9,11H,10H2,1-5H3. The third kappa shape index (κ3) is 3.48. The van der Waals surface area contributed by atoms with E-state index in [-0.39, 0.29) is 17.1 Å². The van der Waals surface area contributed by atoms with E-state index in [0.29, 0.717) is 0 Å². The fraction of sp³-hybridized carbons (Fsp3) is 0.533. The number of Topliss-reactive ketones (excluding diaryl/α,β-unsaturated/α-hetero) is 1. The largest absolute Gasteiger partial charge is 0.300 e. The van der Waals surface area contributed by atoms with Gasteiger partial charge < -0.3 is 0 Å². The highest BCUT2D eigenvalue weighted by molar-refractivity contribution is 5.78. The first kappa shape index (κ1) is 13.0. The number of ketones is 1. The topological polar surface area (TPSA) is 17.1 Å². The van der Waals surface area contributed by atoms with E-state index in [1.807, 2.05) is 6.92 Å². The number of benzene rings is 1. The lowest BCUT2D eigenvalue weighted by Gasteiger charge is -2.19. The summed E-state index contributed by atoms with van der Waals surface area (Å²) in [5.41, 5.74) is 2.78. The lowest BCUT2D eigenvalue weighted by atomic mass is 9.86. The minimum Gasteiger partial charge on any atom is -0.300 e. The molecule has 0 aromatic heterocycles. The second kappa shape index (κ2) is 4.82. The third-order valence-electron chi connectivity index (χ3n) is 3.06. The maximum Gasteiger partial charge on any atom is 0.132 e. The van der Waals surface area contributed by atoms with Crippen molar-refractivity contribution in [2.45, 2.75) is 46.5 Å². The Kier molecular flexibility index (Phi) is 3.90. The Morgan fingerprint density at radius 2 is 1.69 bits per heavy atom. The van der Waals surface area contributed by atoms with E-state index >= 15 is 0 Å². The van der Waals surface area contributed by atoms with Crippen LogP contribution in [0.1, 0.15) is 45.7 Å². The minimum absolute atomic E-state index is 0.125. The predicted molar refractivity (Wildman–Crippen MR) is 68.7 cm³/mol. The molecule has 1 aromatic carbocycles. The molecule has 0 aliphatic carbocycles. The summed E-state index contributed by atoms with van der Waals surface area (Å²) in [7, 11) is 0. The molecule has 0 saturated carbocycles. The first-order chi connectivity index (χ1) is 7.30. The van der Waals surface area contributed by atoms with Crippen LogP contribution in [0.5, 0.6) is 0 Å². The Morgan fingerprint density at radius 3 is 2.06 bits per heavy atom. The van der Waals surface area contributed by atoms with Gasteiger partial charge in [0, 0.05) is 5.92 Å². The highest BCUT2D eigenvalue weighted by atomic mass is 16.1. The molecule has 0 saturated heterocycles. The van der Waals surface area contributed by atoms with Gasteiger partial charge in [0.15, 0.2) is 0 Å². The molecule has 1 rings (SSSR count). The summed E-state index contributed by atoms with van der Waals surface area (Å²) in [5, 5.41) is 0. The van der Waals surface area contributed by atoms with Crippen molar-refractivity contribution in [1.82, 2.24) is 0 Å². The summed E-state index contributed by atoms with van der Waals surface area (Å²) in [5.74, 6) is 0.389. The Balaban J connectivity index is 2.76. The molecule has 88 valence electrons. The smallest absolute Gasteiger partial charge is 0.132 e. The third-order valence-corrected chi connectivity index (χ3v) is 3.06. The monoisotopic (exact) mass is 218 g/mol. The van der Waals surface area contributed by atoms with Crippen molar-refractivity contribution < 1.29 is 4.79 Å². The second-order valence-corrected chi connectivity index (χ2v) is 5.66. The Labute approximate surface area is 98.9 Å². The Hall–Kier alpha value is -1.11. The van der Waals surface area contributed by atoms with Gasteiger partial charge in [0.2, 0.25) is 0 Å². The molecule has 0 aliphatic heterocycles. The van der Waals surface area contributed by atoms with E-state index in [0.717, 1.165) is 6.42 Å². The fourth-order valence-corrected chi connectivity index (χ4v) is 1.64. The zero-order valence-corrected chi connectivity index (χ0v) is 11.0. The lowest BCUT2D eigenvalue weighted by molar-refractivity contribution is -0.120. The molecule has 0 aliphatic rings. The van der Waals surface area contributed by atoms with E-state index < -0.39 is 0 Å². The van der Waals surface area contributed by atoms with Crippen molar-refractivity contribution in [3.05, 3.63) is 35.4 Å². The molecule has 1 atom stereocenters. The van der Waals surface area contributed by atoms with Crippen LogP contribution in [0.4, 0.5) is 0 Å². The molecule has 1 nitrogen and oxygen atoms in total. The molecular formula is C15H22O. The summed E-state index contributed by atoms with van der Waals surface area (Å²) < 4.78 is 0. The van der Waals surface area contributed by atoms with Gasteiger partial charge in [0.05, 0.1) is 0 Å². The Morgan fingerprint density at radius 1 is 1.19 bits per heavy atom. The van der Waals surface area contributed by atoms with Crippen molar-refractivity contribution in [3.8, 4) is 0 Å². The molecule has 0 spiro atoms. The zero-order chi connectivity index (χ0) is 12.3. The maximum absolute atomic E-state index is 11.2. The van der Waals surface area contributed by atoms with Crippen molar-refractivity contribution in [3.63, 3.8) is 0 Å². The van der Waals surface area contributed by atoms with Gasteiger partial charge in [-0.2, -0.15) is 0 Å². The average Bonchev–Trinajstić information content (AvgIpc) is 2.17. The summed E-state index contributed by atoms with van der Waals surface area (Å²) >= 11 is 0. The number of rotatable bonds is 3. The molecule has 0 amide bonds. The van der Waals surface area contributed by atoms with Gasteiger partial charge in [-0.3, -0.25) is 4.79 Å². The molecule has 0 radical (unpaired) electrons. The molecule has 0 bridgehead atoms. The summed E-state index contributed by atoms with van der Waals surface area (Å²) in [6.07, 6.45) is 0.847. The van der Waals surface area contributed by atoms with E-state index in [2.05, 4.69) is 45.0 Å². The van der Waals surface area contributed by atoms with Gasteiger partial charge in [0.1, 0.15) is 5.78 Å². The van der Waals surface area contributed by atoms with Crippen molar-refractivity contribution in [1.29, 1.82) is 0 Å². The van der Waals surface area contributed by atoms with Gasteiger partial charge in [-0.15, -0.1) is 0 Å². The van der Waals surface area contributed by atoms with Crippen LogP contribution >= 0.6 is 0 Å². The first-order valence-electron chi connectivity index (χ1n) is 5.90. The van der Waals surface area contributed by atoms with Crippen LogP contribution in [0.25, 0.3) is 0 Å². The highest BCUT2D eigenvalue weighted by Crippen LogP contribution is 2.22. The van der Waals surface area contributed by atoms with Gasteiger partial charge in [0.25, 0.3) is 0 Å². The minimum atomic E-state index is 0.125.